The van der Waals surface area contributed by atoms with Crippen molar-refractivity contribution < 1.29 is 4.79 Å². The Morgan fingerprint density at radius 2 is 2.31 bits per heavy atom. The van der Waals surface area contributed by atoms with Crippen molar-refractivity contribution in [2.75, 3.05) is 12.0 Å². The smallest absolute Gasteiger partial charge is 0.271 e. The maximum absolute atomic E-state index is 11.7. The minimum atomic E-state index is -0.232. The van der Waals surface area contributed by atoms with Crippen LogP contribution in [0.1, 0.15) is 30.8 Å². The molecule has 1 unspecified atom stereocenters. The number of hydrogen-bond donors (Lipinski definition) is 3. The van der Waals surface area contributed by atoms with E-state index in [1.54, 1.807) is 0 Å². The molecule has 1 aromatic rings. The van der Waals surface area contributed by atoms with Gasteiger partial charge in [0.1, 0.15) is 5.69 Å². The molecular weight excluding hydrogens is 206 g/mol. The Morgan fingerprint density at radius 1 is 1.56 bits per heavy atom. The average molecular weight is 223 g/mol. The second-order valence-electron chi connectivity index (χ2n) is 3.66. The van der Waals surface area contributed by atoms with Crippen molar-refractivity contribution in [3.8, 4) is 0 Å². The summed E-state index contributed by atoms with van der Waals surface area (Å²) in [6.07, 6.45) is 3.88. The number of nitrogen functional groups attached to an aromatic ring is 1. The van der Waals surface area contributed by atoms with Gasteiger partial charge in [-0.15, -0.1) is 0 Å². The molecule has 4 N–H and O–H groups in total. The van der Waals surface area contributed by atoms with Crippen LogP contribution >= 0.6 is 0 Å². The number of nitrogens with one attached hydrogen (secondary N) is 2. The van der Waals surface area contributed by atoms with Gasteiger partial charge in [0.05, 0.1) is 12.4 Å². The van der Waals surface area contributed by atoms with Gasteiger partial charge in [0.2, 0.25) is 0 Å². The molecule has 88 valence electrons. The highest BCUT2D eigenvalue weighted by molar-refractivity contribution is 5.92. The van der Waals surface area contributed by atoms with E-state index in [1.165, 1.54) is 12.4 Å². The van der Waals surface area contributed by atoms with Crippen LogP contribution < -0.4 is 16.6 Å². The summed E-state index contributed by atoms with van der Waals surface area (Å²) in [5.74, 6) is 5.77. The summed E-state index contributed by atoms with van der Waals surface area (Å²) in [6, 6.07) is 0. The van der Waals surface area contributed by atoms with Gasteiger partial charge in [0, 0.05) is 6.54 Å². The molecule has 1 rings (SSSR count). The number of nitrogens with zero attached hydrogens (tertiary/aromatic N) is 2. The predicted octanol–water partition coefficient (Wildman–Crippen LogP) is 0.538. The lowest BCUT2D eigenvalue weighted by Gasteiger charge is -2.09. The fourth-order valence-electron chi connectivity index (χ4n) is 1.05. The van der Waals surface area contributed by atoms with Gasteiger partial charge in [0.25, 0.3) is 5.91 Å². The summed E-state index contributed by atoms with van der Waals surface area (Å²) in [4.78, 5) is 19.5. The van der Waals surface area contributed by atoms with Crippen molar-refractivity contribution in [1.29, 1.82) is 0 Å². The average Bonchev–Trinajstić information content (AvgIpc) is 2.35. The Kier molecular flexibility index (Phi) is 4.65. The maximum Gasteiger partial charge on any atom is 0.271 e. The van der Waals surface area contributed by atoms with E-state index in [0.29, 0.717) is 18.3 Å². The molecule has 1 atom stereocenters. The van der Waals surface area contributed by atoms with Crippen LogP contribution in [-0.2, 0) is 0 Å². The predicted molar refractivity (Wildman–Crippen MR) is 61.6 cm³/mol. The summed E-state index contributed by atoms with van der Waals surface area (Å²) in [5.41, 5.74) is 2.61. The second-order valence-corrected chi connectivity index (χ2v) is 3.66. The van der Waals surface area contributed by atoms with E-state index in [9.17, 15) is 4.79 Å². The monoisotopic (exact) mass is 223 g/mol. The number of nitrogens with two attached hydrogens (primary N) is 1. The fourth-order valence-corrected chi connectivity index (χ4v) is 1.05. The Hall–Kier alpha value is -1.69. The van der Waals surface area contributed by atoms with Crippen LogP contribution in [0.25, 0.3) is 0 Å². The quantitative estimate of drug-likeness (QED) is 0.500. The largest absolute Gasteiger partial charge is 0.350 e. The number of aromatic nitrogens is 2. The molecule has 0 fully saturated rings. The summed E-state index contributed by atoms with van der Waals surface area (Å²) in [7, 11) is 0. The highest BCUT2D eigenvalue weighted by Crippen LogP contribution is 2.01. The van der Waals surface area contributed by atoms with Gasteiger partial charge in [-0.1, -0.05) is 20.3 Å². The third kappa shape index (κ3) is 3.47. The molecule has 0 saturated heterocycles. The zero-order valence-electron chi connectivity index (χ0n) is 9.53. The van der Waals surface area contributed by atoms with Crippen LogP contribution in [0.5, 0.6) is 0 Å². The molecule has 1 amide bonds. The molecule has 1 heterocycles. The first-order valence-corrected chi connectivity index (χ1v) is 5.24. The molecule has 6 heteroatoms. The zero-order chi connectivity index (χ0) is 12.0. The number of anilines is 1. The minimum absolute atomic E-state index is 0.232. The molecule has 0 aliphatic rings. The van der Waals surface area contributed by atoms with Crippen LogP contribution in [0.3, 0.4) is 0 Å². The van der Waals surface area contributed by atoms with E-state index in [4.69, 9.17) is 5.84 Å². The Morgan fingerprint density at radius 3 is 2.94 bits per heavy atom. The number of carbonyl (C=O) groups is 1. The lowest BCUT2D eigenvalue weighted by atomic mass is 10.1. The highest BCUT2D eigenvalue weighted by atomic mass is 16.1. The van der Waals surface area contributed by atoms with E-state index in [-0.39, 0.29) is 11.6 Å². The Balaban J connectivity index is 2.58. The fraction of sp³-hybridized carbons (Fsp3) is 0.500. The molecule has 0 aliphatic heterocycles. The number of hydrogen-bond acceptors (Lipinski definition) is 5. The van der Waals surface area contributed by atoms with Crippen LogP contribution in [0, 0.1) is 5.92 Å². The number of rotatable bonds is 5. The SMILES string of the molecule is CCC(C)CNC(=O)c1cncc(NN)n1. The normalized spacial score (nSPS) is 11.9. The molecule has 1 aromatic heterocycles. The van der Waals surface area contributed by atoms with Crippen LogP contribution in [0.15, 0.2) is 12.4 Å². The van der Waals surface area contributed by atoms with Crippen molar-refractivity contribution in [3.63, 3.8) is 0 Å². The third-order valence-electron chi connectivity index (χ3n) is 2.32. The van der Waals surface area contributed by atoms with Gasteiger partial charge in [-0.05, 0) is 5.92 Å². The van der Waals surface area contributed by atoms with Crippen LogP contribution in [-0.4, -0.2) is 22.4 Å². The first-order valence-electron chi connectivity index (χ1n) is 5.24. The number of amides is 1. The van der Waals surface area contributed by atoms with Crippen molar-refractivity contribution in [1.82, 2.24) is 15.3 Å². The highest BCUT2D eigenvalue weighted by Gasteiger charge is 2.09. The van der Waals surface area contributed by atoms with Crippen molar-refractivity contribution in [2.24, 2.45) is 11.8 Å². The standard InChI is InChI=1S/C10H17N5O/c1-3-7(2)4-13-10(16)8-5-12-6-9(14-8)15-11/h5-7H,3-4,11H2,1-2H3,(H,13,16)(H,14,15). The Bertz CT molecular complexity index is 355. The molecule has 0 aromatic carbocycles. The molecule has 16 heavy (non-hydrogen) atoms. The summed E-state index contributed by atoms with van der Waals surface area (Å²) >= 11 is 0. The lowest BCUT2D eigenvalue weighted by Crippen LogP contribution is -2.29. The zero-order valence-corrected chi connectivity index (χ0v) is 9.53. The van der Waals surface area contributed by atoms with Gasteiger partial charge in [0.15, 0.2) is 5.82 Å². The van der Waals surface area contributed by atoms with Crippen molar-refractivity contribution in [2.45, 2.75) is 20.3 Å². The first-order chi connectivity index (χ1) is 7.67. The third-order valence-corrected chi connectivity index (χ3v) is 2.32. The van der Waals surface area contributed by atoms with E-state index < -0.39 is 0 Å². The Labute approximate surface area is 94.6 Å². The van der Waals surface area contributed by atoms with Gasteiger partial charge in [-0.25, -0.2) is 10.8 Å². The maximum atomic E-state index is 11.7. The minimum Gasteiger partial charge on any atom is -0.350 e. The molecule has 6 nitrogen and oxygen atoms in total. The number of carbonyl (C=O) groups excluding carboxylic acids is 1. The summed E-state index contributed by atoms with van der Waals surface area (Å²) in [6.45, 7) is 4.79. The molecular formula is C10H17N5O. The number of hydrazine groups is 1. The van der Waals surface area contributed by atoms with Gasteiger partial charge in [-0.2, -0.15) is 0 Å². The van der Waals surface area contributed by atoms with Crippen molar-refractivity contribution in [3.05, 3.63) is 18.1 Å². The van der Waals surface area contributed by atoms with E-state index in [2.05, 4.69) is 34.6 Å². The van der Waals surface area contributed by atoms with Gasteiger partial charge in [-0.3, -0.25) is 9.78 Å². The molecule has 0 aliphatic carbocycles. The van der Waals surface area contributed by atoms with Crippen molar-refractivity contribution >= 4 is 11.7 Å². The van der Waals surface area contributed by atoms with E-state index >= 15 is 0 Å². The first kappa shape index (κ1) is 12.4. The van der Waals surface area contributed by atoms with Gasteiger partial charge < -0.3 is 10.7 Å². The molecule has 0 spiro atoms. The van der Waals surface area contributed by atoms with E-state index in [1.807, 2.05) is 0 Å². The van der Waals surface area contributed by atoms with Crippen LogP contribution in [0.2, 0.25) is 0 Å². The second kappa shape index (κ2) is 6.02. The van der Waals surface area contributed by atoms with Gasteiger partial charge >= 0.3 is 0 Å². The van der Waals surface area contributed by atoms with Crippen LogP contribution in [0.4, 0.5) is 5.82 Å². The molecule has 0 bridgehead atoms. The topological polar surface area (TPSA) is 92.9 Å². The summed E-state index contributed by atoms with van der Waals surface area (Å²) < 4.78 is 0. The summed E-state index contributed by atoms with van der Waals surface area (Å²) in [5, 5.41) is 2.79. The molecule has 0 radical (unpaired) electrons. The lowest BCUT2D eigenvalue weighted by molar-refractivity contribution is 0.0942. The molecule has 0 saturated carbocycles. The van der Waals surface area contributed by atoms with E-state index in [0.717, 1.165) is 6.42 Å².